The van der Waals surface area contributed by atoms with Gasteiger partial charge in [-0.15, -0.1) is 0 Å². The van der Waals surface area contributed by atoms with Crippen molar-refractivity contribution in [2.45, 2.75) is 13.3 Å². The molecule has 1 nitrogen and oxygen atoms in total. The Morgan fingerprint density at radius 2 is 2.50 bits per heavy atom. The van der Waals surface area contributed by atoms with Gasteiger partial charge in [-0.05, 0) is 24.6 Å². The fourth-order valence-corrected chi connectivity index (χ4v) is 1.36. The van der Waals surface area contributed by atoms with Crippen molar-refractivity contribution in [2.75, 3.05) is 6.54 Å². The summed E-state index contributed by atoms with van der Waals surface area (Å²) in [5.41, 5.74) is 1.59. The summed E-state index contributed by atoms with van der Waals surface area (Å²) in [6.07, 6.45) is 5.89. The lowest BCUT2D eigenvalue weighted by Gasteiger charge is -2.06. The largest absolute Gasteiger partial charge is 0.382 e. The standard InChI is InChI=1S/C11H13ClFN/c1-3-11(13)8(2)14-7-9-4-5-10(12)6-9/h3-4,6,14H,1,5,7H2,2H3/b11-8-. The summed E-state index contributed by atoms with van der Waals surface area (Å²) < 4.78 is 12.9. The monoisotopic (exact) mass is 213 g/mol. The van der Waals surface area contributed by atoms with E-state index >= 15 is 0 Å². The van der Waals surface area contributed by atoms with Crippen LogP contribution in [0.1, 0.15) is 13.3 Å². The maximum absolute atomic E-state index is 12.9. The van der Waals surface area contributed by atoms with Gasteiger partial charge in [0.25, 0.3) is 0 Å². The van der Waals surface area contributed by atoms with Gasteiger partial charge in [-0.2, -0.15) is 0 Å². The molecule has 0 spiro atoms. The van der Waals surface area contributed by atoms with Gasteiger partial charge in [-0.3, -0.25) is 0 Å². The van der Waals surface area contributed by atoms with E-state index in [1.807, 2.05) is 12.2 Å². The summed E-state index contributed by atoms with van der Waals surface area (Å²) in [6, 6.07) is 0. The first-order chi connectivity index (χ1) is 6.63. The second-order valence-electron chi connectivity index (χ2n) is 3.10. The first-order valence-electron chi connectivity index (χ1n) is 4.41. The Balaban J connectivity index is 2.46. The maximum atomic E-state index is 12.9. The van der Waals surface area contributed by atoms with E-state index < -0.39 is 0 Å². The minimum absolute atomic E-state index is 0.321. The normalized spacial score (nSPS) is 17.1. The fourth-order valence-electron chi connectivity index (χ4n) is 1.14. The number of nitrogens with one attached hydrogen (secondary N) is 1. The molecule has 14 heavy (non-hydrogen) atoms. The van der Waals surface area contributed by atoms with Crippen LogP contribution in [0.5, 0.6) is 0 Å². The Kier molecular flexibility index (Phi) is 3.96. The molecule has 1 rings (SSSR count). The predicted octanol–water partition coefficient (Wildman–Crippen LogP) is 3.42. The van der Waals surface area contributed by atoms with Crippen molar-refractivity contribution >= 4 is 11.6 Å². The first-order valence-corrected chi connectivity index (χ1v) is 4.79. The first kappa shape index (κ1) is 11.1. The molecule has 76 valence electrons. The van der Waals surface area contributed by atoms with Crippen LogP contribution in [0, 0.1) is 0 Å². The van der Waals surface area contributed by atoms with E-state index in [9.17, 15) is 4.39 Å². The molecular weight excluding hydrogens is 201 g/mol. The molecule has 0 unspecified atom stereocenters. The van der Waals surface area contributed by atoms with Crippen molar-refractivity contribution in [2.24, 2.45) is 0 Å². The lowest BCUT2D eigenvalue weighted by atomic mass is 10.3. The van der Waals surface area contributed by atoms with Crippen LogP contribution < -0.4 is 5.32 Å². The lowest BCUT2D eigenvalue weighted by molar-refractivity contribution is 0.636. The highest BCUT2D eigenvalue weighted by atomic mass is 35.5. The Bertz CT molecular complexity index is 326. The predicted molar refractivity (Wildman–Crippen MR) is 58.6 cm³/mol. The zero-order valence-electron chi connectivity index (χ0n) is 8.11. The van der Waals surface area contributed by atoms with Crippen LogP contribution in [-0.2, 0) is 0 Å². The highest BCUT2D eigenvalue weighted by molar-refractivity contribution is 6.30. The summed E-state index contributed by atoms with van der Waals surface area (Å²) in [4.78, 5) is 0. The summed E-state index contributed by atoms with van der Waals surface area (Å²) in [7, 11) is 0. The minimum Gasteiger partial charge on any atom is -0.382 e. The molecule has 1 aliphatic carbocycles. The molecule has 0 bridgehead atoms. The highest BCUT2D eigenvalue weighted by Crippen LogP contribution is 2.20. The van der Waals surface area contributed by atoms with Crippen LogP contribution in [0.3, 0.4) is 0 Å². The minimum atomic E-state index is -0.321. The van der Waals surface area contributed by atoms with Crippen LogP contribution in [0.25, 0.3) is 0 Å². The zero-order valence-corrected chi connectivity index (χ0v) is 8.87. The van der Waals surface area contributed by atoms with E-state index in [4.69, 9.17) is 11.6 Å². The fraction of sp³-hybridized carbons (Fsp3) is 0.273. The van der Waals surface area contributed by atoms with Crippen molar-refractivity contribution in [1.82, 2.24) is 5.32 Å². The molecule has 0 amide bonds. The molecule has 1 N–H and O–H groups in total. The summed E-state index contributed by atoms with van der Waals surface area (Å²) in [5, 5.41) is 3.78. The van der Waals surface area contributed by atoms with Crippen molar-refractivity contribution < 1.29 is 4.39 Å². The Morgan fingerprint density at radius 1 is 1.79 bits per heavy atom. The van der Waals surface area contributed by atoms with Gasteiger partial charge in [-0.25, -0.2) is 4.39 Å². The molecule has 0 aromatic carbocycles. The summed E-state index contributed by atoms with van der Waals surface area (Å²) in [6.45, 7) is 5.63. The number of hydrogen-bond donors (Lipinski definition) is 1. The van der Waals surface area contributed by atoms with Crippen LogP contribution in [-0.4, -0.2) is 6.54 Å². The third-order valence-corrected chi connectivity index (χ3v) is 2.26. The molecule has 0 aromatic rings. The number of halogens is 2. The smallest absolute Gasteiger partial charge is 0.141 e. The number of allylic oxidation sites excluding steroid dienone is 5. The zero-order chi connectivity index (χ0) is 10.6. The molecule has 0 aliphatic heterocycles. The van der Waals surface area contributed by atoms with Crippen LogP contribution in [0.4, 0.5) is 4.39 Å². The van der Waals surface area contributed by atoms with Crippen LogP contribution in [0.15, 0.2) is 46.9 Å². The summed E-state index contributed by atoms with van der Waals surface area (Å²) in [5.74, 6) is -0.321. The van der Waals surface area contributed by atoms with Gasteiger partial charge >= 0.3 is 0 Å². The lowest BCUT2D eigenvalue weighted by Crippen LogP contribution is -2.14. The maximum Gasteiger partial charge on any atom is 0.141 e. The van der Waals surface area contributed by atoms with Crippen molar-refractivity contribution in [3.63, 3.8) is 0 Å². The quantitative estimate of drug-likeness (QED) is 0.706. The van der Waals surface area contributed by atoms with Gasteiger partial charge < -0.3 is 5.32 Å². The van der Waals surface area contributed by atoms with E-state index in [0.717, 1.165) is 17.0 Å². The molecular formula is C11H13ClFN. The van der Waals surface area contributed by atoms with Crippen molar-refractivity contribution in [3.05, 3.63) is 46.9 Å². The van der Waals surface area contributed by atoms with Gasteiger partial charge in [0.05, 0.1) is 0 Å². The SMILES string of the molecule is C=C/C(F)=C(\C)NCC1=CCC(Cl)=C1. The van der Waals surface area contributed by atoms with Gasteiger partial charge in [0.1, 0.15) is 5.83 Å². The summed E-state index contributed by atoms with van der Waals surface area (Å²) >= 11 is 5.79. The topological polar surface area (TPSA) is 12.0 Å². The molecule has 0 heterocycles. The molecule has 0 radical (unpaired) electrons. The second-order valence-corrected chi connectivity index (χ2v) is 3.59. The van der Waals surface area contributed by atoms with E-state index in [2.05, 4.69) is 11.9 Å². The van der Waals surface area contributed by atoms with Crippen molar-refractivity contribution in [3.8, 4) is 0 Å². The van der Waals surface area contributed by atoms with E-state index in [0.29, 0.717) is 12.2 Å². The third kappa shape index (κ3) is 3.04. The number of rotatable bonds is 4. The average molecular weight is 214 g/mol. The van der Waals surface area contributed by atoms with E-state index in [-0.39, 0.29) is 5.83 Å². The van der Waals surface area contributed by atoms with E-state index in [1.165, 1.54) is 6.08 Å². The molecule has 0 atom stereocenters. The Morgan fingerprint density at radius 3 is 3.00 bits per heavy atom. The van der Waals surface area contributed by atoms with Gasteiger partial charge in [0.15, 0.2) is 0 Å². The molecule has 0 saturated carbocycles. The molecule has 0 fully saturated rings. The molecule has 3 heteroatoms. The molecule has 1 aliphatic rings. The van der Waals surface area contributed by atoms with Gasteiger partial charge in [-0.1, -0.05) is 24.3 Å². The number of hydrogen-bond acceptors (Lipinski definition) is 1. The third-order valence-electron chi connectivity index (χ3n) is 2.00. The van der Waals surface area contributed by atoms with Crippen LogP contribution in [0.2, 0.25) is 0 Å². The molecule has 0 saturated heterocycles. The molecule has 0 aromatic heterocycles. The van der Waals surface area contributed by atoms with Gasteiger partial charge in [0, 0.05) is 23.7 Å². The second kappa shape index (κ2) is 5.01. The Labute approximate surface area is 88.6 Å². The highest BCUT2D eigenvalue weighted by Gasteiger charge is 2.04. The van der Waals surface area contributed by atoms with Crippen molar-refractivity contribution in [1.29, 1.82) is 0 Å². The average Bonchev–Trinajstić information content (AvgIpc) is 2.59. The Hall–Kier alpha value is -1.02. The van der Waals surface area contributed by atoms with E-state index in [1.54, 1.807) is 6.92 Å². The van der Waals surface area contributed by atoms with Crippen LogP contribution >= 0.6 is 11.6 Å². The van der Waals surface area contributed by atoms with Gasteiger partial charge in [0.2, 0.25) is 0 Å².